The third-order valence-corrected chi connectivity index (χ3v) is 6.88. The molecule has 4 heterocycles. The number of fused-ring (bicyclic) bond motifs is 1. The lowest BCUT2D eigenvalue weighted by Crippen LogP contribution is -2.28. The lowest BCUT2D eigenvalue weighted by molar-refractivity contribution is -0.122. The van der Waals surface area contributed by atoms with Crippen LogP contribution >= 0.6 is 11.3 Å². The minimum Gasteiger partial charge on any atom is -0.454 e. The van der Waals surface area contributed by atoms with Gasteiger partial charge in [-0.1, -0.05) is 18.2 Å². The van der Waals surface area contributed by atoms with E-state index in [2.05, 4.69) is 15.4 Å². The van der Waals surface area contributed by atoms with E-state index in [-0.39, 0.29) is 30.6 Å². The summed E-state index contributed by atoms with van der Waals surface area (Å²) in [5.41, 5.74) is 2.73. The van der Waals surface area contributed by atoms with Crippen molar-refractivity contribution in [3.8, 4) is 16.6 Å². The fraction of sp³-hybridized carbons (Fsp3) is 0.154. The SMILES string of the molecule is Cc1cc(NC(=O)C2CC(=O)N(c3ccc(F)cc3)C2)n(-c2nc(-c3cc4ccccc4o3)cs2)n1. The van der Waals surface area contributed by atoms with E-state index >= 15 is 0 Å². The number of para-hydroxylation sites is 1. The van der Waals surface area contributed by atoms with Gasteiger partial charge in [0.2, 0.25) is 16.9 Å². The first-order valence-electron chi connectivity index (χ1n) is 11.3. The Labute approximate surface area is 209 Å². The Kier molecular flexibility index (Phi) is 5.37. The molecule has 0 aliphatic carbocycles. The van der Waals surface area contributed by atoms with Gasteiger partial charge in [-0.05, 0) is 43.3 Å². The first kappa shape index (κ1) is 22.2. The van der Waals surface area contributed by atoms with Crippen molar-refractivity contribution in [3.05, 3.63) is 77.6 Å². The average Bonchev–Trinajstić information content (AvgIpc) is 3.64. The van der Waals surface area contributed by atoms with E-state index in [4.69, 9.17) is 4.42 Å². The Morgan fingerprint density at radius 2 is 1.97 bits per heavy atom. The van der Waals surface area contributed by atoms with Crippen LogP contribution in [0.3, 0.4) is 0 Å². The zero-order valence-corrected chi connectivity index (χ0v) is 20.0. The van der Waals surface area contributed by atoms with Gasteiger partial charge in [-0.3, -0.25) is 9.59 Å². The number of nitrogens with one attached hydrogen (secondary N) is 1. The van der Waals surface area contributed by atoms with Gasteiger partial charge in [0.05, 0.1) is 11.6 Å². The van der Waals surface area contributed by atoms with Crippen LogP contribution in [0.1, 0.15) is 12.1 Å². The Morgan fingerprint density at radius 3 is 2.78 bits per heavy atom. The first-order valence-corrected chi connectivity index (χ1v) is 12.2. The maximum absolute atomic E-state index is 13.3. The number of carbonyl (C=O) groups is 2. The molecule has 36 heavy (non-hydrogen) atoms. The van der Waals surface area contributed by atoms with Crippen molar-refractivity contribution in [1.29, 1.82) is 0 Å². The average molecular weight is 502 g/mol. The molecule has 5 aromatic rings. The lowest BCUT2D eigenvalue weighted by Gasteiger charge is -2.16. The number of aromatic nitrogens is 3. The van der Waals surface area contributed by atoms with Crippen LogP contribution in [-0.4, -0.2) is 33.1 Å². The van der Waals surface area contributed by atoms with Crippen molar-refractivity contribution >= 4 is 45.6 Å². The van der Waals surface area contributed by atoms with Crippen molar-refractivity contribution in [2.75, 3.05) is 16.8 Å². The molecule has 0 saturated carbocycles. The minimum absolute atomic E-state index is 0.0732. The second-order valence-electron chi connectivity index (χ2n) is 8.62. The molecule has 1 aliphatic rings. The van der Waals surface area contributed by atoms with Crippen LogP contribution in [0, 0.1) is 18.7 Å². The Hall–Kier alpha value is -4.31. The molecule has 1 aliphatic heterocycles. The summed E-state index contributed by atoms with van der Waals surface area (Å²) in [6, 6.07) is 17.1. The molecule has 2 aromatic carbocycles. The molecule has 1 saturated heterocycles. The standard InChI is InChI=1S/C26H20FN5O3S/c1-15-10-23(29-25(34)17-12-24(33)31(13-17)19-8-6-18(27)7-9-19)32(30-15)26-28-20(14-36-26)22-11-16-4-2-3-5-21(16)35-22/h2-11,14,17H,12-13H2,1H3,(H,29,34). The van der Waals surface area contributed by atoms with Crippen molar-refractivity contribution < 1.29 is 18.4 Å². The molecule has 1 N–H and O–H groups in total. The Balaban J connectivity index is 1.21. The lowest BCUT2D eigenvalue weighted by atomic mass is 10.1. The molecule has 10 heteroatoms. The van der Waals surface area contributed by atoms with Gasteiger partial charge in [0.15, 0.2) is 5.76 Å². The summed E-state index contributed by atoms with van der Waals surface area (Å²) < 4.78 is 20.8. The van der Waals surface area contributed by atoms with Crippen molar-refractivity contribution in [3.63, 3.8) is 0 Å². The molecule has 3 aromatic heterocycles. The molecule has 6 rings (SSSR count). The van der Waals surface area contributed by atoms with E-state index in [9.17, 15) is 14.0 Å². The fourth-order valence-corrected chi connectivity index (χ4v) is 5.08. The maximum Gasteiger partial charge on any atom is 0.230 e. The Bertz CT molecular complexity index is 1570. The normalized spacial score (nSPS) is 15.7. The monoisotopic (exact) mass is 501 g/mol. The van der Waals surface area contributed by atoms with E-state index in [1.165, 1.54) is 40.5 Å². The maximum atomic E-state index is 13.3. The van der Waals surface area contributed by atoms with Crippen LogP contribution in [-0.2, 0) is 9.59 Å². The van der Waals surface area contributed by atoms with Gasteiger partial charge in [0.25, 0.3) is 0 Å². The van der Waals surface area contributed by atoms with Gasteiger partial charge in [-0.2, -0.15) is 9.78 Å². The molecule has 8 nitrogen and oxygen atoms in total. The number of benzene rings is 2. The van der Waals surface area contributed by atoms with Crippen molar-refractivity contribution in [1.82, 2.24) is 14.8 Å². The van der Waals surface area contributed by atoms with Gasteiger partial charge in [-0.15, -0.1) is 11.3 Å². The van der Waals surface area contributed by atoms with Crippen LogP contribution in [0.25, 0.3) is 27.6 Å². The summed E-state index contributed by atoms with van der Waals surface area (Å²) >= 11 is 1.38. The van der Waals surface area contributed by atoms with Gasteiger partial charge < -0.3 is 14.6 Å². The first-order chi connectivity index (χ1) is 17.4. The van der Waals surface area contributed by atoms with Crippen LogP contribution in [0.2, 0.25) is 0 Å². The predicted octanol–water partition coefficient (Wildman–Crippen LogP) is 5.18. The van der Waals surface area contributed by atoms with Gasteiger partial charge in [0, 0.05) is 35.5 Å². The van der Waals surface area contributed by atoms with E-state index < -0.39 is 5.92 Å². The summed E-state index contributed by atoms with van der Waals surface area (Å²) in [6.07, 6.45) is 0.0732. The van der Waals surface area contributed by atoms with E-state index in [0.717, 1.165) is 11.0 Å². The summed E-state index contributed by atoms with van der Waals surface area (Å²) in [5.74, 6) is -0.276. The molecular formula is C26H20FN5O3S. The van der Waals surface area contributed by atoms with E-state index in [1.807, 2.05) is 42.6 Å². The quantitative estimate of drug-likeness (QED) is 0.358. The highest BCUT2D eigenvalue weighted by Crippen LogP contribution is 2.31. The summed E-state index contributed by atoms with van der Waals surface area (Å²) in [4.78, 5) is 31.8. The molecule has 1 unspecified atom stereocenters. The van der Waals surface area contributed by atoms with Crippen molar-refractivity contribution in [2.45, 2.75) is 13.3 Å². The van der Waals surface area contributed by atoms with Gasteiger partial charge >= 0.3 is 0 Å². The zero-order valence-electron chi connectivity index (χ0n) is 19.1. The van der Waals surface area contributed by atoms with Gasteiger partial charge in [0.1, 0.15) is 22.9 Å². The van der Waals surface area contributed by atoms with Gasteiger partial charge in [-0.25, -0.2) is 9.37 Å². The highest BCUT2D eigenvalue weighted by atomic mass is 32.1. The smallest absolute Gasteiger partial charge is 0.230 e. The van der Waals surface area contributed by atoms with Crippen LogP contribution in [0.15, 0.2) is 70.5 Å². The molecule has 1 fully saturated rings. The number of aryl methyl sites for hydroxylation is 1. The number of furan rings is 1. The number of halogens is 1. The second-order valence-corrected chi connectivity index (χ2v) is 9.45. The fourth-order valence-electron chi connectivity index (χ4n) is 4.30. The van der Waals surface area contributed by atoms with Crippen LogP contribution in [0.4, 0.5) is 15.9 Å². The Morgan fingerprint density at radius 1 is 1.17 bits per heavy atom. The summed E-state index contributed by atoms with van der Waals surface area (Å²) in [7, 11) is 0. The highest BCUT2D eigenvalue weighted by molar-refractivity contribution is 7.12. The van der Waals surface area contributed by atoms with Crippen molar-refractivity contribution in [2.24, 2.45) is 5.92 Å². The second kappa shape index (κ2) is 8.72. The number of nitrogens with zero attached hydrogens (tertiary/aromatic N) is 4. The molecule has 1 atom stereocenters. The predicted molar refractivity (Wildman–Crippen MR) is 135 cm³/mol. The topological polar surface area (TPSA) is 93.3 Å². The molecule has 2 amide bonds. The number of anilines is 2. The molecule has 0 spiro atoms. The molecular weight excluding hydrogens is 481 g/mol. The molecule has 180 valence electrons. The number of hydrogen-bond acceptors (Lipinski definition) is 6. The summed E-state index contributed by atoms with van der Waals surface area (Å²) in [6.45, 7) is 2.05. The van der Waals surface area contributed by atoms with E-state index in [1.54, 1.807) is 10.7 Å². The minimum atomic E-state index is -0.548. The number of rotatable bonds is 5. The number of hydrogen-bond donors (Lipinski definition) is 1. The third kappa shape index (κ3) is 4.05. The number of amides is 2. The van der Waals surface area contributed by atoms with E-state index in [0.29, 0.717) is 33.8 Å². The highest BCUT2D eigenvalue weighted by Gasteiger charge is 2.35. The molecule has 0 bridgehead atoms. The number of thiazole rings is 1. The zero-order chi connectivity index (χ0) is 24.8. The van der Waals surface area contributed by atoms with Crippen LogP contribution in [0.5, 0.6) is 0 Å². The van der Waals surface area contributed by atoms with Crippen LogP contribution < -0.4 is 10.2 Å². The third-order valence-electron chi connectivity index (χ3n) is 6.07. The number of carbonyl (C=O) groups excluding carboxylic acids is 2. The largest absolute Gasteiger partial charge is 0.454 e. The molecule has 0 radical (unpaired) electrons. The summed E-state index contributed by atoms with van der Waals surface area (Å²) in [5, 5.41) is 10.9.